The maximum atomic E-state index is 9.10. The van der Waals surface area contributed by atoms with Gasteiger partial charge in [-0.15, -0.1) is 0 Å². The summed E-state index contributed by atoms with van der Waals surface area (Å²) >= 11 is 0. The lowest BCUT2D eigenvalue weighted by molar-refractivity contribution is -0.102. The zero-order valence-electron chi connectivity index (χ0n) is 29.3. The van der Waals surface area contributed by atoms with Gasteiger partial charge in [0.1, 0.15) is 12.5 Å². The fourth-order valence-electron chi connectivity index (χ4n) is 4.95. The zero-order chi connectivity index (χ0) is 33.9. The number of benzene rings is 2. The van der Waals surface area contributed by atoms with E-state index in [0.29, 0.717) is 6.29 Å². The Morgan fingerprint density at radius 1 is 0.837 bits per heavy atom. The Morgan fingerprint density at radius 3 is 1.72 bits per heavy atom. The molecule has 0 amide bonds. The number of fused-ring (bicyclic) bond motifs is 2. The van der Waals surface area contributed by atoms with E-state index >= 15 is 0 Å². The molecule has 1 N–H and O–H groups in total. The monoisotopic (exact) mass is 594 g/mol. The van der Waals surface area contributed by atoms with Crippen LogP contribution in [0.15, 0.2) is 83.4 Å². The summed E-state index contributed by atoms with van der Waals surface area (Å²) in [4.78, 5) is 17.7. The summed E-state index contributed by atoms with van der Waals surface area (Å²) < 4.78 is 5.93. The highest BCUT2D eigenvalue weighted by atomic mass is 16.5. The summed E-state index contributed by atoms with van der Waals surface area (Å²) in [6.07, 6.45) is 6.38. The summed E-state index contributed by atoms with van der Waals surface area (Å²) in [5.74, 6) is 0. The van der Waals surface area contributed by atoms with E-state index in [9.17, 15) is 0 Å². The molecule has 0 aromatic heterocycles. The fraction of sp³-hybridized carbons (Fsp3) is 0.472. The van der Waals surface area contributed by atoms with Crippen molar-refractivity contribution in [2.24, 2.45) is 10.1 Å². The Labute approximate surface area is 262 Å². The second-order valence-corrected chi connectivity index (χ2v) is 9.63. The number of rotatable bonds is 1. The van der Waals surface area contributed by atoms with Gasteiger partial charge >= 0.3 is 0 Å². The molecule has 240 valence electrons. The molecule has 0 bridgehead atoms. The van der Waals surface area contributed by atoms with Gasteiger partial charge in [-0.05, 0) is 37.1 Å². The molecule has 0 aliphatic carbocycles. The predicted octanol–water partition coefficient (Wildman–Crippen LogP) is 9.36. The summed E-state index contributed by atoms with van der Waals surface area (Å²) in [5.41, 5.74) is 5.79. The van der Waals surface area contributed by atoms with Crippen molar-refractivity contribution in [3.63, 3.8) is 0 Å². The molecule has 2 aromatic rings. The largest absolute Gasteiger partial charge is 0.468 e. The van der Waals surface area contributed by atoms with Gasteiger partial charge in [0.05, 0.1) is 17.8 Å². The molecule has 0 fully saturated rings. The second kappa shape index (κ2) is 20.1. The number of nitrogens with zero attached hydrogens (tertiary/aromatic N) is 4. The Bertz CT molecular complexity index is 1180. The average molecular weight is 595 g/mol. The third-order valence-electron chi connectivity index (χ3n) is 7.17. The van der Waals surface area contributed by atoms with Crippen LogP contribution in [0.5, 0.6) is 0 Å². The number of carbonyl (C=O) groups excluding carboxylic acids is 1. The Morgan fingerprint density at radius 2 is 1.33 bits per heavy atom. The SMILES string of the molecule is C=C1N(C)c2ccccc2C1(C)C.CC.CC.CC.CC.CN1c2ccccc2C(C)(C)C12C=NC=CO2.O=CC=NO. The minimum Gasteiger partial charge on any atom is -0.468 e. The van der Waals surface area contributed by atoms with E-state index < -0.39 is 5.72 Å². The number of hydrogen-bond acceptors (Lipinski definition) is 7. The van der Waals surface area contributed by atoms with E-state index in [0.717, 1.165) is 6.21 Å². The molecule has 7 heteroatoms. The van der Waals surface area contributed by atoms with E-state index in [-0.39, 0.29) is 10.8 Å². The van der Waals surface area contributed by atoms with Crippen LogP contribution in [0.2, 0.25) is 0 Å². The highest BCUT2D eigenvalue weighted by Gasteiger charge is 2.57. The Hall–Kier alpha value is -3.87. The highest BCUT2D eigenvalue weighted by Crippen LogP contribution is 2.51. The number of likely N-dealkylation sites (N-methyl/N-ethyl adjacent to an activating group) is 2. The van der Waals surface area contributed by atoms with Crippen LogP contribution in [0.4, 0.5) is 11.4 Å². The van der Waals surface area contributed by atoms with Crippen molar-refractivity contribution in [2.75, 3.05) is 23.9 Å². The standard InChI is InChI=1S/C14H16N2O.C12H15N.C2H3NO2.4C2H6/c1-13(2)11-6-4-5-7-12(11)16(3)14(13)10-15-8-9-17-14;1-9-12(2,3)10-7-5-6-8-11(10)13(9)4;4-2-1-3-5;4*1-2/h4-10H,1-3H3;5-8H,1H2,2-4H3;1-2,5H;4*1-2H3. The van der Waals surface area contributed by atoms with Crippen LogP contribution >= 0.6 is 0 Å². The number of aliphatic imine (C=N–C) groups is 1. The first-order chi connectivity index (χ1) is 20.6. The lowest BCUT2D eigenvalue weighted by atomic mass is 9.78. The highest BCUT2D eigenvalue weighted by molar-refractivity contribution is 6.12. The molecule has 0 radical (unpaired) electrons. The number of para-hydroxylation sites is 2. The van der Waals surface area contributed by atoms with Crippen molar-refractivity contribution in [3.8, 4) is 0 Å². The molecule has 1 unspecified atom stereocenters. The average Bonchev–Trinajstić information content (AvgIpc) is 3.34. The van der Waals surface area contributed by atoms with E-state index in [4.69, 9.17) is 14.7 Å². The van der Waals surface area contributed by atoms with Crippen molar-refractivity contribution in [1.82, 2.24) is 0 Å². The van der Waals surface area contributed by atoms with Gasteiger partial charge in [-0.2, -0.15) is 0 Å². The van der Waals surface area contributed by atoms with Crippen molar-refractivity contribution >= 4 is 30.1 Å². The molecular weight excluding hydrogens is 536 g/mol. The maximum Gasteiger partial charge on any atom is 0.227 e. The molecule has 5 rings (SSSR count). The van der Waals surface area contributed by atoms with Gasteiger partial charge in [-0.25, -0.2) is 0 Å². The van der Waals surface area contributed by atoms with Gasteiger partial charge in [-0.3, -0.25) is 9.79 Å². The lowest BCUT2D eigenvalue weighted by Gasteiger charge is -2.42. The van der Waals surface area contributed by atoms with Gasteiger partial charge in [0, 0.05) is 36.6 Å². The Kier molecular flexibility index (Phi) is 19.3. The summed E-state index contributed by atoms with van der Waals surface area (Å²) in [5, 5.41) is 9.77. The molecule has 1 spiro atoms. The van der Waals surface area contributed by atoms with Crippen LogP contribution in [0.3, 0.4) is 0 Å². The number of aldehydes is 1. The third-order valence-corrected chi connectivity index (χ3v) is 7.17. The first-order valence-corrected chi connectivity index (χ1v) is 15.4. The van der Waals surface area contributed by atoms with Crippen LogP contribution in [0.25, 0.3) is 0 Å². The first-order valence-electron chi connectivity index (χ1n) is 15.4. The van der Waals surface area contributed by atoms with Gasteiger partial charge in [0.25, 0.3) is 0 Å². The van der Waals surface area contributed by atoms with Crippen LogP contribution in [-0.2, 0) is 20.4 Å². The number of ether oxygens (including phenoxy) is 1. The van der Waals surface area contributed by atoms with Gasteiger partial charge in [0.2, 0.25) is 5.72 Å². The summed E-state index contributed by atoms with van der Waals surface area (Å²) in [6.45, 7) is 29.0. The third kappa shape index (κ3) is 8.82. The van der Waals surface area contributed by atoms with Crippen molar-refractivity contribution in [3.05, 3.63) is 84.4 Å². The quantitative estimate of drug-likeness (QED) is 0.154. The molecule has 0 saturated heterocycles. The molecule has 3 heterocycles. The number of oxime groups is 1. The molecule has 7 nitrogen and oxygen atoms in total. The smallest absolute Gasteiger partial charge is 0.227 e. The van der Waals surface area contributed by atoms with Crippen molar-refractivity contribution in [1.29, 1.82) is 0 Å². The summed E-state index contributed by atoms with van der Waals surface area (Å²) in [6, 6.07) is 16.9. The summed E-state index contributed by atoms with van der Waals surface area (Å²) in [7, 11) is 4.13. The molecule has 3 aliphatic rings. The van der Waals surface area contributed by atoms with Gasteiger partial charge in [0.15, 0.2) is 6.29 Å². The van der Waals surface area contributed by atoms with E-state index in [1.54, 1.807) is 12.5 Å². The molecule has 0 saturated carbocycles. The predicted molar refractivity (Wildman–Crippen MR) is 188 cm³/mol. The number of allylic oxidation sites excluding steroid dienone is 1. The van der Waals surface area contributed by atoms with Crippen LogP contribution in [0, 0.1) is 0 Å². The van der Waals surface area contributed by atoms with Crippen molar-refractivity contribution in [2.45, 2.75) is 99.6 Å². The normalized spacial score (nSPS) is 18.5. The molecule has 3 aliphatic heterocycles. The van der Waals surface area contributed by atoms with Crippen LogP contribution in [0.1, 0.15) is 94.2 Å². The number of carbonyl (C=O) groups is 1. The maximum absolute atomic E-state index is 9.10. The molecule has 43 heavy (non-hydrogen) atoms. The lowest BCUT2D eigenvalue weighted by Crippen LogP contribution is -2.57. The van der Waals surface area contributed by atoms with Crippen LogP contribution < -0.4 is 9.80 Å². The van der Waals surface area contributed by atoms with E-state index in [2.05, 4.69) is 117 Å². The molecule has 2 aromatic carbocycles. The van der Waals surface area contributed by atoms with Crippen LogP contribution in [-0.4, -0.2) is 43.7 Å². The van der Waals surface area contributed by atoms with E-state index in [1.165, 1.54) is 28.2 Å². The van der Waals surface area contributed by atoms with E-state index in [1.807, 2.05) is 61.6 Å². The topological polar surface area (TPSA) is 77.7 Å². The second-order valence-electron chi connectivity index (χ2n) is 9.63. The van der Waals surface area contributed by atoms with Crippen molar-refractivity contribution < 1.29 is 14.7 Å². The van der Waals surface area contributed by atoms with Gasteiger partial charge < -0.3 is 19.7 Å². The Balaban J connectivity index is 0. The van der Waals surface area contributed by atoms with Gasteiger partial charge in [-0.1, -0.05) is 117 Å². The fourth-order valence-corrected chi connectivity index (χ4v) is 4.95. The molecule has 1 atom stereocenters. The number of anilines is 2. The minimum atomic E-state index is -0.508. The first kappa shape index (κ1) is 41.3. The number of hydrogen-bond donors (Lipinski definition) is 1. The zero-order valence-corrected chi connectivity index (χ0v) is 29.3. The minimum absolute atomic E-state index is 0.0886. The molecular formula is C36H58N4O3.